The average Bonchev–Trinajstić information content (AvgIpc) is 3.34. The van der Waals surface area contributed by atoms with E-state index in [1.165, 1.54) is 0 Å². The van der Waals surface area contributed by atoms with Gasteiger partial charge in [0, 0.05) is 16.7 Å². The molecule has 0 aliphatic rings. The zero-order chi connectivity index (χ0) is 45.1. The fraction of sp³-hybridized carbons (Fsp3) is 0.100. The number of hydrogen-bond acceptors (Lipinski definition) is 4. The lowest BCUT2D eigenvalue weighted by Gasteiger charge is -2.28. The van der Waals surface area contributed by atoms with Crippen LogP contribution in [-0.2, 0) is 4.57 Å². The molecule has 0 atom stereocenters. The van der Waals surface area contributed by atoms with Crippen molar-refractivity contribution >= 4 is 7.82 Å². The van der Waals surface area contributed by atoms with Crippen molar-refractivity contribution in [1.29, 1.82) is 0 Å². The largest absolute Gasteiger partial charge is 0.647 e. The highest BCUT2D eigenvalue weighted by Gasteiger charge is 2.38. The summed E-state index contributed by atoms with van der Waals surface area (Å²) in [4.78, 5) is 0. The molecule has 0 fully saturated rings. The molecule has 0 aliphatic heterocycles. The molecule has 0 bridgehead atoms. The number of rotatable bonds is 12. The van der Waals surface area contributed by atoms with E-state index in [2.05, 4.69) is 91.0 Å². The first-order valence-corrected chi connectivity index (χ1v) is 23.5. The minimum absolute atomic E-state index is 0.436. The highest BCUT2D eigenvalue weighted by molar-refractivity contribution is 7.49. The summed E-state index contributed by atoms with van der Waals surface area (Å²) in [5, 5.41) is 0. The summed E-state index contributed by atoms with van der Waals surface area (Å²) in [5.74, 6) is 1.31. The van der Waals surface area contributed by atoms with Crippen LogP contribution in [0.1, 0.15) is 33.4 Å². The molecule has 0 saturated heterocycles. The summed E-state index contributed by atoms with van der Waals surface area (Å²) in [6.07, 6.45) is 0. The van der Waals surface area contributed by atoms with Crippen molar-refractivity contribution < 1.29 is 18.1 Å². The van der Waals surface area contributed by atoms with Crippen LogP contribution in [0.2, 0.25) is 0 Å². The van der Waals surface area contributed by atoms with Gasteiger partial charge in [0.25, 0.3) is 0 Å². The lowest BCUT2D eigenvalue weighted by Crippen LogP contribution is -2.13. The van der Waals surface area contributed by atoms with Crippen LogP contribution in [0.3, 0.4) is 0 Å². The van der Waals surface area contributed by atoms with Crippen molar-refractivity contribution in [1.82, 2.24) is 0 Å². The molecule has 9 aromatic rings. The summed E-state index contributed by atoms with van der Waals surface area (Å²) < 4.78 is 37.3. The van der Waals surface area contributed by atoms with Crippen LogP contribution >= 0.6 is 7.82 Å². The van der Waals surface area contributed by atoms with E-state index >= 15 is 4.57 Å². The Morgan fingerprint density at radius 1 is 0.292 bits per heavy atom. The third kappa shape index (κ3) is 8.66. The van der Waals surface area contributed by atoms with Crippen LogP contribution in [0.5, 0.6) is 17.2 Å². The molecule has 0 radical (unpaired) electrons. The van der Waals surface area contributed by atoms with Gasteiger partial charge in [-0.2, -0.15) is 4.57 Å². The van der Waals surface area contributed by atoms with Crippen LogP contribution in [0.15, 0.2) is 200 Å². The smallest absolute Gasteiger partial charge is 0.385 e. The third-order valence-electron chi connectivity index (χ3n) is 12.2. The minimum atomic E-state index is -4.64. The first-order chi connectivity index (χ1) is 31.6. The van der Waals surface area contributed by atoms with Gasteiger partial charge in [0.2, 0.25) is 0 Å². The highest BCUT2D eigenvalue weighted by Crippen LogP contribution is 2.57. The normalized spacial score (nSPS) is 11.3. The Morgan fingerprint density at radius 3 is 0.708 bits per heavy atom. The van der Waals surface area contributed by atoms with Crippen molar-refractivity contribution in [2.75, 3.05) is 0 Å². The molecule has 0 aliphatic carbocycles. The van der Waals surface area contributed by atoms with Gasteiger partial charge >= 0.3 is 7.82 Å². The quantitative estimate of drug-likeness (QED) is 0.115. The maximum Gasteiger partial charge on any atom is 0.647 e. The molecule has 65 heavy (non-hydrogen) atoms. The predicted octanol–water partition coefficient (Wildman–Crippen LogP) is 17.2. The fourth-order valence-electron chi connectivity index (χ4n) is 9.18. The molecule has 5 heteroatoms. The van der Waals surface area contributed by atoms with Gasteiger partial charge in [-0.3, -0.25) is 0 Å². The average molecular weight is 867 g/mol. The van der Waals surface area contributed by atoms with Crippen molar-refractivity contribution in [2.24, 2.45) is 0 Å². The van der Waals surface area contributed by atoms with E-state index < -0.39 is 7.82 Å². The number of hydrogen-bond donors (Lipinski definition) is 0. The van der Waals surface area contributed by atoms with E-state index in [9.17, 15) is 0 Å². The maximum absolute atomic E-state index is 16.4. The van der Waals surface area contributed by atoms with Gasteiger partial charge in [-0.25, -0.2) is 0 Å². The number of phosphoric acid groups is 1. The van der Waals surface area contributed by atoms with Gasteiger partial charge in [-0.1, -0.05) is 182 Å². The summed E-state index contributed by atoms with van der Waals surface area (Å²) in [5.41, 5.74) is 17.1. The standard InChI is InChI=1S/C60H51O4P/c1-40-37-52(46-25-13-7-14-26-46)55(49-31-19-10-20-32-49)43(4)58(40)62-65(61,63-59-41(2)38-53(47-27-15-8-16-28-47)56(44(59)5)50-33-21-11-22-34-50)64-60-42(3)39-54(48-29-17-9-18-30-48)57(45(60)6)51-35-23-12-24-36-51/h7-39H,1-6H3. The van der Waals surface area contributed by atoms with Crippen LogP contribution in [0, 0.1) is 41.5 Å². The Labute approximate surface area is 383 Å². The molecule has 4 nitrogen and oxygen atoms in total. The second kappa shape index (κ2) is 18.4. The topological polar surface area (TPSA) is 44.8 Å². The molecular weight excluding hydrogens is 816 g/mol. The van der Waals surface area contributed by atoms with Gasteiger partial charge in [-0.15, -0.1) is 0 Å². The summed E-state index contributed by atoms with van der Waals surface area (Å²) in [7, 11) is -4.64. The molecule has 0 heterocycles. The second-order valence-corrected chi connectivity index (χ2v) is 18.1. The van der Waals surface area contributed by atoms with Crippen molar-refractivity contribution in [2.45, 2.75) is 41.5 Å². The van der Waals surface area contributed by atoms with Crippen LogP contribution in [0.25, 0.3) is 66.8 Å². The van der Waals surface area contributed by atoms with Crippen molar-refractivity contribution in [3.05, 3.63) is 234 Å². The first kappa shape index (κ1) is 42.9. The Hall–Kier alpha value is -7.39. The lowest BCUT2D eigenvalue weighted by molar-refractivity contribution is 0.294. The Morgan fingerprint density at radius 2 is 0.492 bits per heavy atom. The Balaban J connectivity index is 1.27. The van der Waals surface area contributed by atoms with Crippen LogP contribution < -0.4 is 13.6 Å². The highest BCUT2D eigenvalue weighted by atomic mass is 31.2. The molecule has 0 amide bonds. The number of phosphoric ester groups is 1. The molecule has 9 rings (SSSR count). The van der Waals surface area contributed by atoms with Gasteiger partial charge in [0.15, 0.2) is 0 Å². The summed E-state index contributed by atoms with van der Waals surface area (Å²) >= 11 is 0. The van der Waals surface area contributed by atoms with Gasteiger partial charge < -0.3 is 13.6 Å². The van der Waals surface area contributed by atoms with E-state index in [-0.39, 0.29) is 0 Å². The van der Waals surface area contributed by atoms with E-state index in [0.29, 0.717) is 17.2 Å². The first-order valence-electron chi connectivity index (χ1n) is 22.0. The lowest BCUT2D eigenvalue weighted by atomic mass is 9.89. The van der Waals surface area contributed by atoms with Gasteiger partial charge in [-0.05, 0) is 143 Å². The van der Waals surface area contributed by atoms with E-state index in [1.54, 1.807) is 0 Å². The molecule has 0 N–H and O–H groups in total. The third-order valence-corrected chi connectivity index (χ3v) is 13.4. The Kier molecular flexibility index (Phi) is 12.1. The van der Waals surface area contributed by atoms with E-state index in [4.69, 9.17) is 13.6 Å². The molecule has 320 valence electrons. The molecular formula is C60H51O4P. The molecule has 0 spiro atoms. The monoisotopic (exact) mass is 866 g/mol. The van der Waals surface area contributed by atoms with Crippen molar-refractivity contribution in [3.63, 3.8) is 0 Å². The van der Waals surface area contributed by atoms with Gasteiger partial charge in [0.05, 0.1) is 0 Å². The van der Waals surface area contributed by atoms with E-state index in [1.807, 2.05) is 151 Å². The molecule has 0 aromatic heterocycles. The van der Waals surface area contributed by atoms with Gasteiger partial charge in [0.1, 0.15) is 17.2 Å². The summed E-state index contributed by atoms with van der Waals surface area (Å²) in [6.45, 7) is 12.1. The molecule has 0 saturated carbocycles. The zero-order valence-corrected chi connectivity index (χ0v) is 38.5. The minimum Gasteiger partial charge on any atom is -0.385 e. The number of benzene rings is 9. The van der Waals surface area contributed by atoms with Crippen LogP contribution in [0.4, 0.5) is 0 Å². The SMILES string of the molecule is Cc1cc(-c2ccccc2)c(-c2ccccc2)c(C)c1OP(=O)(Oc1c(C)cc(-c2ccccc2)c(-c2ccccc2)c1C)Oc1c(C)cc(-c2ccccc2)c(-c2ccccc2)c1C. The second-order valence-electron chi connectivity index (χ2n) is 16.6. The predicted molar refractivity (Wildman–Crippen MR) is 270 cm³/mol. The fourth-order valence-corrected chi connectivity index (χ4v) is 10.8. The Bertz CT molecular complexity index is 2830. The van der Waals surface area contributed by atoms with Crippen molar-refractivity contribution in [3.8, 4) is 84.0 Å². The molecule has 0 unspecified atom stereocenters. The molecule has 9 aromatic carbocycles. The zero-order valence-electron chi connectivity index (χ0n) is 37.6. The summed E-state index contributed by atoms with van der Waals surface area (Å²) in [6, 6.07) is 68.2. The number of aryl methyl sites for hydroxylation is 3. The maximum atomic E-state index is 16.4. The van der Waals surface area contributed by atoms with Crippen LogP contribution in [-0.4, -0.2) is 0 Å². The van der Waals surface area contributed by atoms with E-state index in [0.717, 1.165) is 100 Å².